The molecule has 160 valence electrons. The van der Waals surface area contributed by atoms with Gasteiger partial charge in [-0.3, -0.25) is 5.43 Å². The van der Waals surface area contributed by atoms with Crippen LogP contribution in [0.25, 0.3) is 0 Å². The Morgan fingerprint density at radius 1 is 1.13 bits per heavy atom. The van der Waals surface area contributed by atoms with Crippen LogP contribution in [0.15, 0.2) is 71.8 Å². The number of nitrogens with zero attached hydrogens (tertiary/aromatic N) is 1. The lowest BCUT2D eigenvalue weighted by atomic mass is 10.2. The molecule has 0 aliphatic rings. The number of hydrogen-bond donors (Lipinski definition) is 2. The Bertz CT molecular complexity index is 1060. The van der Waals surface area contributed by atoms with Gasteiger partial charge in [0.05, 0.1) is 16.9 Å². The van der Waals surface area contributed by atoms with Gasteiger partial charge in [0, 0.05) is 17.1 Å². The number of benzene rings is 3. The molecule has 0 radical (unpaired) electrons. The van der Waals surface area contributed by atoms with Gasteiger partial charge < -0.3 is 14.8 Å². The smallest absolute Gasteiger partial charge is 0.187 e. The third-order valence-corrected chi connectivity index (χ3v) is 5.66. The zero-order valence-corrected chi connectivity index (χ0v) is 20.5. The van der Waals surface area contributed by atoms with Crippen LogP contribution in [0.3, 0.4) is 0 Å². The molecule has 0 atom stereocenters. The van der Waals surface area contributed by atoms with Gasteiger partial charge in [0.2, 0.25) is 0 Å². The summed E-state index contributed by atoms with van der Waals surface area (Å²) in [5, 5.41) is 8.44. The summed E-state index contributed by atoms with van der Waals surface area (Å²) >= 11 is 13.7. The van der Waals surface area contributed by atoms with Gasteiger partial charge in [-0.1, -0.05) is 60.1 Å². The molecule has 31 heavy (non-hydrogen) atoms. The van der Waals surface area contributed by atoms with Gasteiger partial charge in [0.25, 0.3) is 0 Å². The van der Waals surface area contributed by atoms with Crippen LogP contribution in [0.2, 0.25) is 5.02 Å². The van der Waals surface area contributed by atoms with E-state index in [-0.39, 0.29) is 0 Å². The minimum absolute atomic E-state index is 0.350. The molecule has 3 rings (SSSR count). The van der Waals surface area contributed by atoms with Gasteiger partial charge in [-0.15, -0.1) is 0 Å². The Morgan fingerprint density at radius 2 is 1.87 bits per heavy atom. The molecule has 0 unspecified atom stereocenters. The van der Waals surface area contributed by atoms with Gasteiger partial charge in [-0.2, -0.15) is 5.10 Å². The van der Waals surface area contributed by atoms with E-state index < -0.39 is 0 Å². The lowest BCUT2D eigenvalue weighted by Crippen LogP contribution is -2.31. The van der Waals surface area contributed by atoms with Crippen molar-refractivity contribution in [3.8, 4) is 11.5 Å². The summed E-state index contributed by atoms with van der Waals surface area (Å²) in [5.41, 5.74) is 5.73. The number of hydrogen-bond acceptors (Lipinski definition) is 4. The molecule has 0 saturated carbocycles. The van der Waals surface area contributed by atoms with Crippen LogP contribution >= 0.6 is 46.4 Å². The molecule has 0 heterocycles. The van der Waals surface area contributed by atoms with Crippen LogP contribution in [-0.2, 0) is 13.2 Å². The van der Waals surface area contributed by atoms with Crippen molar-refractivity contribution in [1.29, 1.82) is 0 Å². The van der Waals surface area contributed by atoms with E-state index in [0.717, 1.165) is 20.3 Å². The molecule has 3 aromatic carbocycles. The SMILES string of the molecule is COc1cc(C=NNC(=S)NCc2ccccc2)cc(I)c1OCc1ccccc1Cl. The van der Waals surface area contributed by atoms with Crippen LogP contribution in [0.1, 0.15) is 16.7 Å². The molecule has 2 N–H and O–H groups in total. The maximum Gasteiger partial charge on any atom is 0.187 e. The maximum absolute atomic E-state index is 6.22. The first-order chi connectivity index (χ1) is 15.1. The molecule has 0 fully saturated rings. The average molecular weight is 566 g/mol. The minimum Gasteiger partial charge on any atom is -0.493 e. The Balaban J connectivity index is 1.59. The zero-order valence-electron chi connectivity index (χ0n) is 16.8. The fraction of sp³-hybridized carbons (Fsp3) is 0.130. The van der Waals surface area contributed by atoms with Gasteiger partial charge in [-0.25, -0.2) is 0 Å². The van der Waals surface area contributed by atoms with Crippen LogP contribution in [-0.4, -0.2) is 18.4 Å². The van der Waals surface area contributed by atoms with Crippen molar-refractivity contribution in [2.45, 2.75) is 13.2 Å². The second-order valence-corrected chi connectivity index (χ2v) is 8.43. The molecular formula is C23H21ClIN3O2S. The van der Waals surface area contributed by atoms with Crippen molar-refractivity contribution in [2.75, 3.05) is 7.11 Å². The normalized spacial score (nSPS) is 10.7. The highest BCUT2D eigenvalue weighted by atomic mass is 127. The molecule has 3 aromatic rings. The van der Waals surface area contributed by atoms with E-state index in [1.165, 1.54) is 0 Å². The Morgan fingerprint density at radius 3 is 2.61 bits per heavy atom. The maximum atomic E-state index is 6.22. The van der Waals surface area contributed by atoms with Gasteiger partial charge >= 0.3 is 0 Å². The number of halogens is 2. The van der Waals surface area contributed by atoms with E-state index in [9.17, 15) is 0 Å². The van der Waals surface area contributed by atoms with Crippen LogP contribution in [0.5, 0.6) is 11.5 Å². The van der Waals surface area contributed by atoms with Crippen molar-refractivity contribution in [3.05, 3.63) is 92.0 Å². The summed E-state index contributed by atoms with van der Waals surface area (Å²) in [7, 11) is 1.61. The van der Waals surface area contributed by atoms with Crippen molar-refractivity contribution >= 4 is 57.7 Å². The molecule has 0 aliphatic carbocycles. The van der Waals surface area contributed by atoms with Crippen molar-refractivity contribution in [2.24, 2.45) is 5.10 Å². The number of ether oxygens (including phenoxy) is 2. The Hall–Kier alpha value is -2.36. The molecule has 0 saturated heterocycles. The first kappa shape index (κ1) is 23.3. The topological polar surface area (TPSA) is 54.9 Å². The second kappa shape index (κ2) is 11.9. The predicted octanol–water partition coefficient (Wildman–Crippen LogP) is 5.53. The molecule has 0 amide bonds. The molecule has 0 aliphatic heterocycles. The van der Waals surface area contributed by atoms with Crippen LogP contribution in [0.4, 0.5) is 0 Å². The number of hydrazone groups is 1. The molecule has 0 spiro atoms. The highest BCUT2D eigenvalue weighted by molar-refractivity contribution is 14.1. The zero-order chi connectivity index (χ0) is 22.1. The molecule has 0 aromatic heterocycles. The third-order valence-electron chi connectivity index (χ3n) is 4.26. The highest BCUT2D eigenvalue weighted by Crippen LogP contribution is 2.34. The third kappa shape index (κ3) is 7.09. The Kier molecular flexibility index (Phi) is 8.93. The molecule has 8 heteroatoms. The van der Waals surface area contributed by atoms with E-state index in [4.69, 9.17) is 33.3 Å². The largest absolute Gasteiger partial charge is 0.493 e. The standard InChI is InChI=1S/C23H21ClIN3O2S/c1-29-21-12-17(14-27-28-23(31)26-13-16-7-3-2-4-8-16)11-20(25)22(21)30-15-18-9-5-6-10-19(18)24/h2-12,14H,13,15H2,1H3,(H2,26,28,31). The second-order valence-electron chi connectivity index (χ2n) is 6.45. The summed E-state index contributed by atoms with van der Waals surface area (Å²) in [5.74, 6) is 1.28. The summed E-state index contributed by atoms with van der Waals surface area (Å²) < 4.78 is 12.4. The van der Waals surface area contributed by atoms with Gasteiger partial charge in [-0.05, 0) is 64.1 Å². The summed E-state index contributed by atoms with van der Waals surface area (Å²) in [6, 6.07) is 21.4. The molecular weight excluding hydrogens is 545 g/mol. The van der Waals surface area contributed by atoms with Crippen molar-refractivity contribution in [3.63, 3.8) is 0 Å². The van der Waals surface area contributed by atoms with Crippen molar-refractivity contribution < 1.29 is 9.47 Å². The molecule has 0 bridgehead atoms. The molecule has 5 nitrogen and oxygen atoms in total. The quantitative estimate of drug-likeness (QED) is 0.163. The lowest BCUT2D eigenvalue weighted by molar-refractivity contribution is 0.282. The number of thiocarbonyl (C=S) groups is 1. The lowest BCUT2D eigenvalue weighted by Gasteiger charge is -2.14. The van der Waals surface area contributed by atoms with E-state index in [0.29, 0.717) is 34.8 Å². The van der Waals surface area contributed by atoms with E-state index >= 15 is 0 Å². The van der Waals surface area contributed by atoms with E-state index in [1.807, 2.05) is 66.7 Å². The Labute approximate surface area is 205 Å². The van der Waals surface area contributed by atoms with Crippen LogP contribution < -0.4 is 20.2 Å². The average Bonchev–Trinajstić information content (AvgIpc) is 2.78. The summed E-state index contributed by atoms with van der Waals surface area (Å²) in [4.78, 5) is 0. The number of rotatable bonds is 8. The summed E-state index contributed by atoms with van der Waals surface area (Å²) in [6.07, 6.45) is 1.68. The predicted molar refractivity (Wildman–Crippen MR) is 138 cm³/mol. The monoisotopic (exact) mass is 565 g/mol. The van der Waals surface area contributed by atoms with Gasteiger partial charge in [0.1, 0.15) is 6.61 Å². The van der Waals surface area contributed by atoms with Crippen molar-refractivity contribution in [1.82, 2.24) is 10.7 Å². The first-order valence-electron chi connectivity index (χ1n) is 9.41. The van der Waals surface area contributed by atoms with E-state index in [2.05, 4.69) is 38.4 Å². The fourth-order valence-corrected chi connectivity index (χ4v) is 3.80. The highest BCUT2D eigenvalue weighted by Gasteiger charge is 2.12. The summed E-state index contributed by atoms with van der Waals surface area (Å²) in [6.45, 7) is 0.980. The number of nitrogens with one attached hydrogen (secondary N) is 2. The van der Waals surface area contributed by atoms with E-state index in [1.54, 1.807) is 13.3 Å². The minimum atomic E-state index is 0.350. The van der Waals surface area contributed by atoms with Gasteiger partial charge in [0.15, 0.2) is 16.6 Å². The first-order valence-corrected chi connectivity index (χ1v) is 11.3. The number of methoxy groups -OCH3 is 1. The van der Waals surface area contributed by atoms with Crippen LogP contribution in [0, 0.1) is 3.57 Å². The fourth-order valence-electron chi connectivity index (χ4n) is 2.70.